The van der Waals surface area contributed by atoms with Crippen LogP contribution < -0.4 is 9.80 Å². The highest BCUT2D eigenvalue weighted by Gasteiger charge is 2.22. The largest absolute Gasteiger partial charge is 0.456 e. The van der Waals surface area contributed by atoms with E-state index in [9.17, 15) is 0 Å². The lowest BCUT2D eigenvalue weighted by Crippen LogP contribution is -2.10. The molecule has 10 aromatic carbocycles. The molecule has 278 valence electrons. The summed E-state index contributed by atoms with van der Waals surface area (Å²) in [5.74, 6) is 0. The molecule has 1 aromatic heterocycles. The molecule has 0 N–H and O–H groups in total. The van der Waals surface area contributed by atoms with Crippen molar-refractivity contribution in [1.29, 1.82) is 0 Å². The molecule has 11 aromatic rings. The molecule has 0 unspecified atom stereocenters. The third-order valence-corrected chi connectivity index (χ3v) is 11.4. The average Bonchev–Trinajstić information content (AvgIpc) is 3.70. The lowest BCUT2D eigenvalue weighted by atomic mass is 9.97. The Morgan fingerprint density at radius 2 is 0.678 bits per heavy atom. The first-order valence-electron chi connectivity index (χ1n) is 20.1. The topological polar surface area (TPSA) is 19.6 Å². The number of rotatable bonds is 8. The minimum atomic E-state index is 0.868. The highest BCUT2D eigenvalue weighted by molar-refractivity contribution is 6.28. The van der Waals surface area contributed by atoms with Crippen molar-refractivity contribution in [1.82, 2.24) is 0 Å². The van der Waals surface area contributed by atoms with Crippen molar-refractivity contribution in [3.8, 4) is 22.3 Å². The van der Waals surface area contributed by atoms with Crippen molar-refractivity contribution in [2.75, 3.05) is 9.80 Å². The van der Waals surface area contributed by atoms with Gasteiger partial charge in [-0.15, -0.1) is 0 Å². The van der Waals surface area contributed by atoms with E-state index in [0.717, 1.165) is 78.0 Å². The smallest absolute Gasteiger partial charge is 0.138 e. The lowest BCUT2D eigenvalue weighted by molar-refractivity contribution is 0.669. The maximum Gasteiger partial charge on any atom is 0.138 e. The quantitative estimate of drug-likeness (QED) is 0.154. The Morgan fingerprint density at radius 3 is 1.24 bits per heavy atom. The molecule has 0 saturated heterocycles. The highest BCUT2D eigenvalue weighted by atomic mass is 16.3. The van der Waals surface area contributed by atoms with Crippen LogP contribution in [0, 0.1) is 0 Å². The summed E-state index contributed by atoms with van der Waals surface area (Å²) in [5.41, 5.74) is 13.0. The monoisotopic (exact) mass is 754 g/mol. The zero-order chi connectivity index (χ0) is 39.1. The van der Waals surface area contributed by atoms with Gasteiger partial charge in [0.2, 0.25) is 0 Å². The minimum Gasteiger partial charge on any atom is -0.456 e. The van der Waals surface area contributed by atoms with Crippen LogP contribution in [-0.4, -0.2) is 0 Å². The van der Waals surface area contributed by atoms with Gasteiger partial charge in [0.15, 0.2) is 0 Å². The van der Waals surface area contributed by atoms with Gasteiger partial charge in [0, 0.05) is 50.7 Å². The molecule has 59 heavy (non-hydrogen) atoms. The fourth-order valence-corrected chi connectivity index (χ4v) is 8.64. The number of nitrogens with zero attached hydrogens (tertiary/aromatic N) is 2. The summed E-state index contributed by atoms with van der Waals surface area (Å²) in [5, 5.41) is 7.03. The van der Waals surface area contributed by atoms with E-state index in [1.807, 2.05) is 0 Å². The molecule has 0 aliphatic rings. The fourth-order valence-electron chi connectivity index (χ4n) is 8.64. The zero-order valence-electron chi connectivity index (χ0n) is 32.2. The number of furan rings is 1. The van der Waals surface area contributed by atoms with Gasteiger partial charge in [0.1, 0.15) is 11.2 Å². The fraction of sp³-hybridized carbons (Fsp3) is 0. The molecule has 0 amide bonds. The van der Waals surface area contributed by atoms with E-state index >= 15 is 0 Å². The molecule has 0 spiro atoms. The standard InChI is InChI=1S/C56H38N2O/c1-4-14-39(15-5-1)40-26-33-47(34-27-40)58(52-38-54-56(51-23-13-12-22-50(51)52)55-49-21-11-10-16-43(49)30-37-53(55)59-54)48-35-28-42(29-36-48)41-24-31-46(32-25-41)57(44-17-6-2-7-18-44)45-19-8-3-9-20-45/h1-38H. The van der Waals surface area contributed by atoms with Crippen LogP contribution in [0.1, 0.15) is 0 Å². The Labute approximate surface area is 343 Å². The molecular formula is C56H38N2O. The lowest BCUT2D eigenvalue weighted by Gasteiger charge is -2.27. The van der Waals surface area contributed by atoms with Gasteiger partial charge < -0.3 is 14.2 Å². The normalized spacial score (nSPS) is 11.4. The summed E-state index contributed by atoms with van der Waals surface area (Å²) >= 11 is 0. The van der Waals surface area contributed by atoms with Crippen LogP contribution in [-0.2, 0) is 0 Å². The van der Waals surface area contributed by atoms with Gasteiger partial charge in [-0.1, -0.05) is 158 Å². The van der Waals surface area contributed by atoms with Gasteiger partial charge in [-0.2, -0.15) is 0 Å². The van der Waals surface area contributed by atoms with Gasteiger partial charge >= 0.3 is 0 Å². The highest BCUT2D eigenvalue weighted by Crippen LogP contribution is 2.46. The van der Waals surface area contributed by atoms with E-state index < -0.39 is 0 Å². The second-order valence-corrected chi connectivity index (χ2v) is 14.9. The summed E-state index contributed by atoms with van der Waals surface area (Å²) in [7, 11) is 0. The molecule has 11 rings (SSSR count). The summed E-state index contributed by atoms with van der Waals surface area (Å²) in [4.78, 5) is 4.66. The summed E-state index contributed by atoms with van der Waals surface area (Å²) in [6.45, 7) is 0. The third kappa shape index (κ3) is 6.17. The van der Waals surface area contributed by atoms with Crippen LogP contribution in [0.3, 0.4) is 0 Å². The van der Waals surface area contributed by atoms with Crippen LogP contribution in [0.2, 0.25) is 0 Å². The summed E-state index contributed by atoms with van der Waals surface area (Å²) in [6.07, 6.45) is 0. The SMILES string of the molecule is c1ccc(-c2ccc(N(c3ccc(-c4ccc(N(c5ccccc5)c5ccccc5)cc4)cc3)c3cc4oc5ccc6ccccc6c5c4c4ccccc34)cc2)cc1. The van der Waals surface area contributed by atoms with E-state index in [1.54, 1.807) is 0 Å². The van der Waals surface area contributed by atoms with Gasteiger partial charge in [-0.25, -0.2) is 0 Å². The third-order valence-electron chi connectivity index (χ3n) is 11.4. The van der Waals surface area contributed by atoms with Crippen molar-refractivity contribution < 1.29 is 4.42 Å². The number of para-hydroxylation sites is 2. The first-order valence-corrected chi connectivity index (χ1v) is 20.1. The van der Waals surface area contributed by atoms with E-state index in [1.165, 1.54) is 21.9 Å². The van der Waals surface area contributed by atoms with Crippen molar-refractivity contribution >= 4 is 77.6 Å². The molecule has 0 atom stereocenters. The molecule has 0 aliphatic carbocycles. The molecular weight excluding hydrogens is 717 g/mol. The minimum absolute atomic E-state index is 0.868. The Kier molecular flexibility index (Phi) is 8.49. The van der Waals surface area contributed by atoms with Crippen LogP contribution in [0.15, 0.2) is 235 Å². The molecule has 0 saturated carbocycles. The second-order valence-electron chi connectivity index (χ2n) is 14.9. The van der Waals surface area contributed by atoms with E-state index in [0.29, 0.717) is 0 Å². The van der Waals surface area contributed by atoms with E-state index in [-0.39, 0.29) is 0 Å². The Balaban J connectivity index is 1.03. The Hall–Kier alpha value is -7.88. The molecule has 3 nitrogen and oxygen atoms in total. The second kappa shape index (κ2) is 14.6. The summed E-state index contributed by atoms with van der Waals surface area (Å²) in [6, 6.07) is 82.1. The van der Waals surface area contributed by atoms with Gasteiger partial charge in [0.25, 0.3) is 0 Å². The van der Waals surface area contributed by atoms with Crippen LogP contribution in [0.25, 0.3) is 65.7 Å². The molecule has 0 fully saturated rings. The number of anilines is 6. The van der Waals surface area contributed by atoms with Crippen LogP contribution in [0.5, 0.6) is 0 Å². The average molecular weight is 755 g/mol. The molecule has 0 radical (unpaired) electrons. The molecule has 0 bridgehead atoms. The van der Waals surface area contributed by atoms with Gasteiger partial charge in [-0.05, 0) is 105 Å². The molecule has 0 aliphatic heterocycles. The maximum absolute atomic E-state index is 6.74. The predicted octanol–water partition coefficient (Wildman–Crippen LogP) is 16.2. The molecule has 3 heteroatoms. The van der Waals surface area contributed by atoms with Crippen LogP contribution >= 0.6 is 0 Å². The number of hydrogen-bond acceptors (Lipinski definition) is 3. The first kappa shape index (κ1) is 34.4. The van der Waals surface area contributed by atoms with E-state index in [4.69, 9.17) is 4.42 Å². The van der Waals surface area contributed by atoms with Gasteiger partial charge in [-0.3, -0.25) is 0 Å². The Morgan fingerprint density at radius 1 is 0.271 bits per heavy atom. The van der Waals surface area contributed by atoms with Gasteiger partial charge in [0.05, 0.1) is 5.69 Å². The number of benzene rings is 10. The van der Waals surface area contributed by atoms with Crippen molar-refractivity contribution in [2.24, 2.45) is 0 Å². The van der Waals surface area contributed by atoms with Crippen molar-refractivity contribution in [3.63, 3.8) is 0 Å². The Bertz CT molecular complexity index is 3190. The van der Waals surface area contributed by atoms with E-state index in [2.05, 4.69) is 240 Å². The van der Waals surface area contributed by atoms with Crippen molar-refractivity contribution in [3.05, 3.63) is 231 Å². The summed E-state index contributed by atoms with van der Waals surface area (Å²) < 4.78 is 6.74. The number of hydrogen-bond donors (Lipinski definition) is 0. The molecule has 1 heterocycles. The number of fused-ring (bicyclic) bond motifs is 7. The van der Waals surface area contributed by atoms with Crippen LogP contribution in [0.4, 0.5) is 34.1 Å². The maximum atomic E-state index is 6.74. The predicted molar refractivity (Wildman–Crippen MR) is 249 cm³/mol. The van der Waals surface area contributed by atoms with Crippen molar-refractivity contribution in [2.45, 2.75) is 0 Å². The first-order chi connectivity index (χ1) is 29.3. The zero-order valence-corrected chi connectivity index (χ0v) is 32.2.